The SMILES string of the molecule is CCNCc1nnnn1C(C)CC(C)C. The first kappa shape index (κ1) is 12.1. The van der Waals surface area contributed by atoms with Crippen molar-refractivity contribution in [3.63, 3.8) is 0 Å². The predicted molar refractivity (Wildman–Crippen MR) is 59.4 cm³/mol. The van der Waals surface area contributed by atoms with Gasteiger partial charge in [-0.1, -0.05) is 20.8 Å². The van der Waals surface area contributed by atoms with Crippen LogP contribution in [0, 0.1) is 5.92 Å². The number of aromatic nitrogens is 4. The highest BCUT2D eigenvalue weighted by atomic mass is 15.6. The Morgan fingerprint density at radius 2 is 2.07 bits per heavy atom. The topological polar surface area (TPSA) is 55.6 Å². The van der Waals surface area contributed by atoms with Crippen molar-refractivity contribution in [2.45, 2.75) is 46.7 Å². The molecule has 5 nitrogen and oxygen atoms in total. The Balaban J connectivity index is 2.62. The van der Waals surface area contributed by atoms with Gasteiger partial charge in [0.25, 0.3) is 0 Å². The molecule has 0 fully saturated rings. The lowest BCUT2D eigenvalue weighted by molar-refractivity contribution is 0.378. The second-order valence-corrected chi connectivity index (χ2v) is 4.30. The van der Waals surface area contributed by atoms with Gasteiger partial charge in [-0.25, -0.2) is 4.68 Å². The largest absolute Gasteiger partial charge is 0.310 e. The molecule has 5 heteroatoms. The fourth-order valence-corrected chi connectivity index (χ4v) is 1.69. The number of hydrogen-bond acceptors (Lipinski definition) is 4. The molecular formula is C10H21N5. The van der Waals surface area contributed by atoms with Gasteiger partial charge in [-0.2, -0.15) is 0 Å². The first-order chi connectivity index (χ1) is 7.15. The van der Waals surface area contributed by atoms with Crippen molar-refractivity contribution < 1.29 is 0 Å². The molecular weight excluding hydrogens is 190 g/mol. The van der Waals surface area contributed by atoms with Crippen molar-refractivity contribution in [1.82, 2.24) is 25.5 Å². The second kappa shape index (κ2) is 5.80. The molecule has 1 aromatic rings. The van der Waals surface area contributed by atoms with Crippen LogP contribution in [-0.4, -0.2) is 26.8 Å². The minimum Gasteiger partial charge on any atom is -0.310 e. The Hall–Kier alpha value is -0.970. The van der Waals surface area contributed by atoms with E-state index >= 15 is 0 Å². The van der Waals surface area contributed by atoms with Gasteiger partial charge in [0.2, 0.25) is 0 Å². The molecule has 0 aliphatic rings. The molecule has 0 radical (unpaired) electrons. The zero-order chi connectivity index (χ0) is 11.3. The third kappa shape index (κ3) is 3.58. The summed E-state index contributed by atoms with van der Waals surface area (Å²) in [6, 6.07) is 0.369. The molecule has 1 unspecified atom stereocenters. The number of nitrogens with one attached hydrogen (secondary N) is 1. The zero-order valence-corrected chi connectivity index (χ0v) is 10.1. The molecule has 1 heterocycles. The third-order valence-electron chi connectivity index (χ3n) is 2.32. The lowest BCUT2D eigenvalue weighted by Crippen LogP contribution is -2.19. The molecule has 1 N–H and O–H groups in total. The monoisotopic (exact) mass is 211 g/mol. The molecule has 86 valence electrons. The summed E-state index contributed by atoms with van der Waals surface area (Å²) >= 11 is 0. The standard InChI is InChI=1S/C10H21N5/c1-5-11-7-10-12-13-14-15(10)9(4)6-8(2)3/h8-9,11H,5-7H2,1-4H3. The molecule has 1 rings (SSSR count). The van der Waals surface area contributed by atoms with Crippen LogP contribution < -0.4 is 5.32 Å². The lowest BCUT2D eigenvalue weighted by Gasteiger charge is -2.15. The van der Waals surface area contributed by atoms with Gasteiger partial charge in [0.15, 0.2) is 5.82 Å². The molecule has 0 amide bonds. The van der Waals surface area contributed by atoms with E-state index in [-0.39, 0.29) is 0 Å². The van der Waals surface area contributed by atoms with E-state index < -0.39 is 0 Å². The molecule has 0 bridgehead atoms. The average molecular weight is 211 g/mol. The van der Waals surface area contributed by atoms with Crippen LogP contribution in [0.15, 0.2) is 0 Å². The van der Waals surface area contributed by atoms with Gasteiger partial charge in [0, 0.05) is 0 Å². The van der Waals surface area contributed by atoms with E-state index in [1.54, 1.807) is 0 Å². The number of hydrogen-bond donors (Lipinski definition) is 1. The number of nitrogens with zero attached hydrogens (tertiary/aromatic N) is 4. The summed E-state index contributed by atoms with van der Waals surface area (Å²) in [6.07, 6.45) is 1.10. The molecule has 0 saturated carbocycles. The highest BCUT2D eigenvalue weighted by molar-refractivity contribution is 4.82. The lowest BCUT2D eigenvalue weighted by atomic mass is 10.1. The van der Waals surface area contributed by atoms with Crippen LogP contribution >= 0.6 is 0 Å². The molecule has 1 atom stereocenters. The van der Waals surface area contributed by atoms with E-state index in [0.29, 0.717) is 12.0 Å². The number of rotatable bonds is 6. The van der Waals surface area contributed by atoms with E-state index in [1.165, 1.54) is 0 Å². The van der Waals surface area contributed by atoms with Crippen molar-refractivity contribution >= 4 is 0 Å². The number of tetrazole rings is 1. The van der Waals surface area contributed by atoms with Crippen molar-refractivity contribution in [2.75, 3.05) is 6.54 Å². The van der Waals surface area contributed by atoms with Crippen molar-refractivity contribution in [2.24, 2.45) is 5.92 Å². The predicted octanol–water partition coefficient (Wildman–Crippen LogP) is 1.39. The fourth-order valence-electron chi connectivity index (χ4n) is 1.69. The average Bonchev–Trinajstić information content (AvgIpc) is 2.61. The van der Waals surface area contributed by atoms with Crippen LogP contribution in [-0.2, 0) is 6.54 Å². The Morgan fingerprint density at radius 1 is 1.33 bits per heavy atom. The van der Waals surface area contributed by atoms with Crippen LogP contribution in [0.25, 0.3) is 0 Å². The smallest absolute Gasteiger partial charge is 0.165 e. The van der Waals surface area contributed by atoms with Crippen LogP contribution in [0.3, 0.4) is 0 Å². The van der Waals surface area contributed by atoms with Crippen LogP contribution in [0.2, 0.25) is 0 Å². The van der Waals surface area contributed by atoms with Gasteiger partial charge in [-0.05, 0) is 36.2 Å². The summed E-state index contributed by atoms with van der Waals surface area (Å²) in [4.78, 5) is 0. The van der Waals surface area contributed by atoms with Gasteiger partial charge in [-0.3, -0.25) is 0 Å². The zero-order valence-electron chi connectivity index (χ0n) is 10.1. The fraction of sp³-hybridized carbons (Fsp3) is 0.900. The van der Waals surface area contributed by atoms with Crippen molar-refractivity contribution in [3.05, 3.63) is 5.82 Å². The molecule has 15 heavy (non-hydrogen) atoms. The molecule has 1 aromatic heterocycles. The van der Waals surface area contributed by atoms with E-state index in [4.69, 9.17) is 0 Å². The normalized spacial score (nSPS) is 13.4. The first-order valence-corrected chi connectivity index (χ1v) is 5.62. The Morgan fingerprint density at radius 3 is 2.67 bits per heavy atom. The highest BCUT2D eigenvalue weighted by Gasteiger charge is 2.13. The van der Waals surface area contributed by atoms with Gasteiger partial charge in [0.1, 0.15) is 0 Å². The first-order valence-electron chi connectivity index (χ1n) is 5.62. The summed E-state index contributed by atoms with van der Waals surface area (Å²) in [5, 5.41) is 15.0. The highest BCUT2D eigenvalue weighted by Crippen LogP contribution is 2.16. The molecule has 0 aliphatic carbocycles. The summed E-state index contributed by atoms with van der Waals surface area (Å²) in [6.45, 7) is 10.3. The van der Waals surface area contributed by atoms with Gasteiger partial charge in [-0.15, -0.1) is 5.10 Å². The van der Waals surface area contributed by atoms with E-state index in [0.717, 1.165) is 25.3 Å². The van der Waals surface area contributed by atoms with E-state index in [9.17, 15) is 0 Å². The summed E-state index contributed by atoms with van der Waals surface area (Å²) in [5.41, 5.74) is 0. The van der Waals surface area contributed by atoms with Crippen molar-refractivity contribution in [1.29, 1.82) is 0 Å². The summed E-state index contributed by atoms with van der Waals surface area (Å²) in [5.74, 6) is 1.58. The Bertz CT molecular complexity index is 281. The molecule has 0 spiro atoms. The van der Waals surface area contributed by atoms with Crippen molar-refractivity contribution in [3.8, 4) is 0 Å². The molecule has 0 aromatic carbocycles. The van der Waals surface area contributed by atoms with Crippen LogP contribution in [0.5, 0.6) is 0 Å². The summed E-state index contributed by atoms with van der Waals surface area (Å²) < 4.78 is 1.92. The maximum atomic E-state index is 4.04. The minimum absolute atomic E-state index is 0.369. The molecule has 0 aliphatic heterocycles. The Kier molecular flexibility index (Phi) is 4.68. The minimum atomic E-state index is 0.369. The second-order valence-electron chi connectivity index (χ2n) is 4.30. The van der Waals surface area contributed by atoms with Crippen LogP contribution in [0.1, 0.15) is 46.0 Å². The maximum Gasteiger partial charge on any atom is 0.165 e. The Labute approximate surface area is 91.2 Å². The quantitative estimate of drug-likeness (QED) is 0.772. The molecule has 0 saturated heterocycles. The van der Waals surface area contributed by atoms with E-state index in [1.807, 2.05) is 4.68 Å². The van der Waals surface area contributed by atoms with Gasteiger partial charge >= 0.3 is 0 Å². The van der Waals surface area contributed by atoms with Gasteiger partial charge in [0.05, 0.1) is 12.6 Å². The van der Waals surface area contributed by atoms with Gasteiger partial charge < -0.3 is 5.32 Å². The maximum absolute atomic E-state index is 4.04. The van der Waals surface area contributed by atoms with E-state index in [2.05, 4.69) is 48.5 Å². The third-order valence-corrected chi connectivity index (χ3v) is 2.32. The summed E-state index contributed by atoms with van der Waals surface area (Å²) in [7, 11) is 0. The van der Waals surface area contributed by atoms with Crippen LogP contribution in [0.4, 0.5) is 0 Å².